The molecule has 1 amide bonds. The first-order valence-corrected chi connectivity index (χ1v) is 8.15. The van der Waals surface area contributed by atoms with Gasteiger partial charge in [-0.25, -0.2) is 13.6 Å². The zero-order valence-electron chi connectivity index (χ0n) is 11.6. The third kappa shape index (κ3) is 3.71. The quantitative estimate of drug-likeness (QED) is 0.710. The molecule has 0 aromatic heterocycles. The van der Waals surface area contributed by atoms with Gasteiger partial charge < -0.3 is 10.4 Å². The lowest BCUT2D eigenvalue weighted by Gasteiger charge is -2.24. The molecule has 0 saturated carbocycles. The second kappa shape index (κ2) is 6.29. The van der Waals surface area contributed by atoms with Gasteiger partial charge in [-0.1, -0.05) is 12.2 Å². The van der Waals surface area contributed by atoms with Crippen molar-refractivity contribution >= 4 is 27.6 Å². The van der Waals surface area contributed by atoms with Crippen LogP contribution in [0.25, 0.3) is 0 Å². The molecule has 1 aromatic rings. The standard InChI is InChI=1S/C14H16N2O5S/c15-22(20,21)10-7-5-9(6-8-10)16-13(17)11-3-1-2-4-12(11)14(18)19/h1-2,5-8,11-12H,3-4H2,(H,16,17)(H,18,19)(H2,15,20,21)/t11-,12+/m1/s1. The first-order valence-electron chi connectivity index (χ1n) is 6.60. The van der Waals surface area contributed by atoms with Crippen LogP contribution in [0.3, 0.4) is 0 Å². The van der Waals surface area contributed by atoms with Crippen LogP contribution < -0.4 is 10.5 Å². The van der Waals surface area contributed by atoms with Gasteiger partial charge in [0.25, 0.3) is 0 Å². The van der Waals surface area contributed by atoms with E-state index in [1.54, 1.807) is 12.2 Å². The monoisotopic (exact) mass is 324 g/mol. The third-order valence-corrected chi connectivity index (χ3v) is 4.47. The summed E-state index contributed by atoms with van der Waals surface area (Å²) < 4.78 is 22.3. The fraction of sp³-hybridized carbons (Fsp3) is 0.286. The zero-order valence-corrected chi connectivity index (χ0v) is 12.4. The molecule has 0 heterocycles. The molecular formula is C14H16N2O5S. The van der Waals surface area contributed by atoms with E-state index in [1.165, 1.54) is 24.3 Å². The van der Waals surface area contributed by atoms with Crippen molar-refractivity contribution in [2.24, 2.45) is 17.0 Å². The summed E-state index contributed by atoms with van der Waals surface area (Å²) in [7, 11) is -3.79. The van der Waals surface area contributed by atoms with Crippen LogP contribution in [0.15, 0.2) is 41.3 Å². The minimum atomic E-state index is -3.79. The molecule has 0 spiro atoms. The highest BCUT2D eigenvalue weighted by Gasteiger charge is 2.33. The van der Waals surface area contributed by atoms with Crippen molar-refractivity contribution in [3.05, 3.63) is 36.4 Å². The molecule has 2 atom stereocenters. The fourth-order valence-corrected chi connectivity index (χ4v) is 2.86. The lowest BCUT2D eigenvalue weighted by atomic mass is 9.82. The van der Waals surface area contributed by atoms with Gasteiger partial charge in [-0.3, -0.25) is 9.59 Å². The van der Waals surface area contributed by atoms with Crippen LogP contribution in [0, 0.1) is 11.8 Å². The molecule has 0 fully saturated rings. The number of nitrogens with one attached hydrogen (secondary N) is 1. The average Bonchev–Trinajstić information content (AvgIpc) is 2.46. The Labute approximate surface area is 127 Å². The molecule has 0 radical (unpaired) electrons. The number of hydrogen-bond acceptors (Lipinski definition) is 4. The van der Waals surface area contributed by atoms with Gasteiger partial charge in [0.2, 0.25) is 15.9 Å². The van der Waals surface area contributed by atoms with E-state index < -0.39 is 33.7 Å². The second-order valence-electron chi connectivity index (χ2n) is 5.05. The number of allylic oxidation sites excluding steroid dienone is 2. The number of carbonyl (C=O) groups is 2. The Bertz CT molecular complexity index is 709. The van der Waals surface area contributed by atoms with E-state index in [-0.39, 0.29) is 4.90 Å². The third-order valence-electron chi connectivity index (χ3n) is 3.54. The van der Waals surface area contributed by atoms with E-state index >= 15 is 0 Å². The molecule has 0 unspecified atom stereocenters. The first kappa shape index (κ1) is 16.2. The van der Waals surface area contributed by atoms with Crippen LogP contribution in [0.1, 0.15) is 12.8 Å². The van der Waals surface area contributed by atoms with Gasteiger partial charge in [0, 0.05) is 5.69 Å². The number of sulfonamides is 1. The number of rotatable bonds is 4. The van der Waals surface area contributed by atoms with Crippen LogP contribution in [-0.4, -0.2) is 25.4 Å². The van der Waals surface area contributed by atoms with Crippen molar-refractivity contribution in [2.75, 3.05) is 5.32 Å². The van der Waals surface area contributed by atoms with Gasteiger partial charge in [0.1, 0.15) is 0 Å². The number of hydrogen-bond donors (Lipinski definition) is 3. The summed E-state index contributed by atoms with van der Waals surface area (Å²) in [5.41, 5.74) is 0.385. The van der Waals surface area contributed by atoms with Crippen molar-refractivity contribution in [3.8, 4) is 0 Å². The Kier molecular flexibility index (Phi) is 4.62. The molecule has 2 rings (SSSR count). The van der Waals surface area contributed by atoms with Gasteiger partial charge in [0.15, 0.2) is 0 Å². The Morgan fingerprint density at radius 2 is 1.64 bits per heavy atom. The van der Waals surface area contributed by atoms with E-state index in [9.17, 15) is 18.0 Å². The predicted octanol–water partition coefficient (Wildman–Crippen LogP) is 0.939. The van der Waals surface area contributed by atoms with Crippen molar-refractivity contribution < 1.29 is 23.1 Å². The summed E-state index contributed by atoms with van der Waals surface area (Å²) in [6.45, 7) is 0. The summed E-state index contributed by atoms with van der Waals surface area (Å²) in [5, 5.41) is 16.7. The lowest BCUT2D eigenvalue weighted by Crippen LogP contribution is -2.34. The van der Waals surface area contributed by atoms with Crippen molar-refractivity contribution in [3.63, 3.8) is 0 Å². The fourth-order valence-electron chi connectivity index (χ4n) is 2.34. The number of carboxylic acids is 1. The van der Waals surface area contributed by atoms with Crippen LogP contribution in [0.4, 0.5) is 5.69 Å². The Hall–Kier alpha value is -2.19. The highest BCUT2D eigenvalue weighted by atomic mass is 32.2. The lowest BCUT2D eigenvalue weighted by molar-refractivity contribution is -0.146. The van der Waals surface area contributed by atoms with Crippen LogP contribution >= 0.6 is 0 Å². The summed E-state index contributed by atoms with van der Waals surface area (Å²) in [4.78, 5) is 23.3. The molecule has 22 heavy (non-hydrogen) atoms. The predicted molar refractivity (Wildman–Crippen MR) is 79.4 cm³/mol. The molecule has 4 N–H and O–H groups in total. The van der Waals surface area contributed by atoms with E-state index in [1.807, 2.05) is 0 Å². The van der Waals surface area contributed by atoms with Crippen LogP contribution in [0.5, 0.6) is 0 Å². The van der Waals surface area contributed by atoms with E-state index in [4.69, 9.17) is 10.2 Å². The number of amides is 1. The zero-order chi connectivity index (χ0) is 16.3. The summed E-state index contributed by atoms with van der Waals surface area (Å²) >= 11 is 0. The maximum absolute atomic E-state index is 12.2. The van der Waals surface area contributed by atoms with Crippen molar-refractivity contribution in [1.82, 2.24) is 0 Å². The summed E-state index contributed by atoms with van der Waals surface area (Å²) in [6.07, 6.45) is 4.22. The molecule has 0 bridgehead atoms. The number of aliphatic carboxylic acids is 1. The molecule has 8 heteroatoms. The van der Waals surface area contributed by atoms with Crippen LogP contribution in [-0.2, 0) is 19.6 Å². The van der Waals surface area contributed by atoms with Crippen molar-refractivity contribution in [2.45, 2.75) is 17.7 Å². The Morgan fingerprint density at radius 3 is 2.14 bits per heavy atom. The largest absolute Gasteiger partial charge is 0.481 e. The number of benzene rings is 1. The first-order chi connectivity index (χ1) is 10.3. The molecule has 7 nitrogen and oxygen atoms in total. The van der Waals surface area contributed by atoms with E-state index in [0.29, 0.717) is 18.5 Å². The molecule has 1 aliphatic carbocycles. The molecule has 118 valence electrons. The highest BCUT2D eigenvalue weighted by molar-refractivity contribution is 7.89. The minimum Gasteiger partial charge on any atom is -0.481 e. The molecule has 0 saturated heterocycles. The minimum absolute atomic E-state index is 0.0606. The molecule has 0 aliphatic heterocycles. The second-order valence-corrected chi connectivity index (χ2v) is 6.61. The molecule has 1 aliphatic rings. The topological polar surface area (TPSA) is 127 Å². The number of carbonyl (C=O) groups excluding carboxylic acids is 1. The van der Waals surface area contributed by atoms with Gasteiger partial charge in [-0.05, 0) is 37.1 Å². The van der Waals surface area contributed by atoms with Crippen LogP contribution in [0.2, 0.25) is 0 Å². The Morgan fingerprint density at radius 1 is 1.09 bits per heavy atom. The smallest absolute Gasteiger partial charge is 0.307 e. The summed E-state index contributed by atoms with van der Waals surface area (Å²) in [5.74, 6) is -2.82. The van der Waals surface area contributed by atoms with Gasteiger partial charge in [-0.15, -0.1) is 0 Å². The van der Waals surface area contributed by atoms with Gasteiger partial charge in [0.05, 0.1) is 16.7 Å². The number of nitrogens with two attached hydrogens (primary N) is 1. The van der Waals surface area contributed by atoms with Crippen molar-refractivity contribution in [1.29, 1.82) is 0 Å². The number of primary sulfonamides is 1. The Balaban J connectivity index is 2.11. The van der Waals surface area contributed by atoms with E-state index in [2.05, 4.69) is 5.32 Å². The van der Waals surface area contributed by atoms with E-state index in [0.717, 1.165) is 0 Å². The highest BCUT2D eigenvalue weighted by Crippen LogP contribution is 2.27. The maximum atomic E-state index is 12.2. The molecule has 1 aromatic carbocycles. The van der Waals surface area contributed by atoms with Gasteiger partial charge >= 0.3 is 5.97 Å². The number of carboxylic acid groups (broad SMARTS) is 1. The maximum Gasteiger partial charge on any atom is 0.307 e. The SMILES string of the molecule is NS(=O)(=O)c1ccc(NC(=O)[C@@H]2CC=CC[C@@H]2C(=O)O)cc1. The number of anilines is 1. The normalized spacial score (nSPS) is 21.3. The average molecular weight is 324 g/mol. The summed E-state index contributed by atoms with van der Waals surface area (Å²) in [6, 6.07) is 5.37. The molecular weight excluding hydrogens is 308 g/mol. The van der Waals surface area contributed by atoms with Gasteiger partial charge in [-0.2, -0.15) is 0 Å².